The number of halogens is 3. The fourth-order valence-corrected chi connectivity index (χ4v) is 1.70. The van der Waals surface area contributed by atoms with Crippen LogP contribution in [0.5, 0.6) is 0 Å². The smallest absolute Gasteiger partial charge is 0.376 e. The predicted molar refractivity (Wildman–Crippen MR) is 66.4 cm³/mol. The van der Waals surface area contributed by atoms with E-state index >= 15 is 0 Å². The maximum atomic E-state index is 12.2. The van der Waals surface area contributed by atoms with Gasteiger partial charge in [0.2, 0.25) is 0 Å². The molecule has 0 aliphatic carbocycles. The van der Waals surface area contributed by atoms with Gasteiger partial charge < -0.3 is 5.32 Å². The topological polar surface area (TPSA) is 12.0 Å². The lowest BCUT2D eigenvalue weighted by molar-refractivity contribution is -0.115. The van der Waals surface area contributed by atoms with E-state index in [1.165, 1.54) is 0 Å². The first kappa shape index (κ1) is 12.5. The molecular formula is C14H12F3N. The predicted octanol–water partition coefficient (Wildman–Crippen LogP) is 4.33. The number of anilines is 1. The van der Waals surface area contributed by atoms with Gasteiger partial charge in [-0.3, -0.25) is 0 Å². The summed E-state index contributed by atoms with van der Waals surface area (Å²) in [5.74, 6) is 0. The van der Waals surface area contributed by atoms with Gasteiger partial charge in [0.25, 0.3) is 0 Å². The Kier molecular flexibility index (Phi) is 3.55. The van der Waals surface area contributed by atoms with E-state index in [2.05, 4.69) is 5.32 Å². The summed E-state index contributed by atoms with van der Waals surface area (Å²) in [4.78, 5) is 0. The largest absolute Gasteiger partial charge is 0.405 e. The summed E-state index contributed by atoms with van der Waals surface area (Å²) in [7, 11) is 0. The molecular weight excluding hydrogens is 239 g/mol. The van der Waals surface area contributed by atoms with Crippen molar-refractivity contribution in [2.75, 3.05) is 11.9 Å². The van der Waals surface area contributed by atoms with Crippen molar-refractivity contribution in [1.29, 1.82) is 0 Å². The maximum absolute atomic E-state index is 12.2. The van der Waals surface area contributed by atoms with Gasteiger partial charge in [0.15, 0.2) is 0 Å². The Morgan fingerprint density at radius 3 is 2.11 bits per heavy atom. The van der Waals surface area contributed by atoms with E-state index in [-0.39, 0.29) is 0 Å². The Morgan fingerprint density at radius 2 is 1.44 bits per heavy atom. The van der Waals surface area contributed by atoms with Crippen LogP contribution in [0.15, 0.2) is 54.6 Å². The number of nitrogens with one attached hydrogen (secondary N) is 1. The molecule has 0 unspecified atom stereocenters. The Labute approximate surface area is 103 Å². The molecule has 2 aromatic rings. The zero-order chi connectivity index (χ0) is 13.0. The van der Waals surface area contributed by atoms with E-state index in [0.29, 0.717) is 5.69 Å². The van der Waals surface area contributed by atoms with E-state index in [1.807, 2.05) is 30.3 Å². The second-order valence-electron chi connectivity index (χ2n) is 3.88. The summed E-state index contributed by atoms with van der Waals surface area (Å²) in [6.07, 6.45) is -4.22. The van der Waals surface area contributed by atoms with Gasteiger partial charge in [-0.2, -0.15) is 13.2 Å². The molecule has 0 aliphatic rings. The van der Waals surface area contributed by atoms with Gasteiger partial charge in [0, 0.05) is 11.3 Å². The molecule has 0 bridgehead atoms. The molecule has 18 heavy (non-hydrogen) atoms. The Morgan fingerprint density at radius 1 is 0.833 bits per heavy atom. The van der Waals surface area contributed by atoms with Crippen molar-refractivity contribution in [2.45, 2.75) is 6.18 Å². The van der Waals surface area contributed by atoms with Crippen molar-refractivity contribution in [3.8, 4) is 11.1 Å². The maximum Gasteiger partial charge on any atom is 0.405 e. The Bertz CT molecular complexity index is 506. The van der Waals surface area contributed by atoms with Gasteiger partial charge >= 0.3 is 6.18 Å². The monoisotopic (exact) mass is 251 g/mol. The van der Waals surface area contributed by atoms with Crippen LogP contribution in [0, 0.1) is 0 Å². The average molecular weight is 251 g/mol. The van der Waals surface area contributed by atoms with E-state index in [1.54, 1.807) is 24.3 Å². The first-order valence-corrected chi connectivity index (χ1v) is 5.51. The lowest BCUT2D eigenvalue weighted by Crippen LogP contribution is -2.21. The molecule has 0 saturated heterocycles. The van der Waals surface area contributed by atoms with Crippen LogP contribution in [0.2, 0.25) is 0 Å². The van der Waals surface area contributed by atoms with Crippen molar-refractivity contribution >= 4 is 5.69 Å². The summed E-state index contributed by atoms with van der Waals surface area (Å²) in [5.41, 5.74) is 2.14. The van der Waals surface area contributed by atoms with Crippen LogP contribution in [-0.4, -0.2) is 12.7 Å². The van der Waals surface area contributed by atoms with E-state index in [4.69, 9.17) is 0 Å². The van der Waals surface area contributed by atoms with Gasteiger partial charge in [-0.15, -0.1) is 0 Å². The SMILES string of the molecule is FC(F)(F)CNc1ccccc1-c1ccccc1. The molecule has 0 aromatic heterocycles. The normalized spacial score (nSPS) is 11.3. The van der Waals surface area contributed by atoms with Gasteiger partial charge in [-0.05, 0) is 11.6 Å². The summed E-state index contributed by atoms with van der Waals surface area (Å²) in [6, 6.07) is 16.3. The third-order valence-electron chi connectivity index (χ3n) is 2.49. The number of hydrogen-bond acceptors (Lipinski definition) is 1. The molecule has 0 fully saturated rings. The molecule has 2 rings (SSSR count). The highest BCUT2D eigenvalue weighted by molar-refractivity contribution is 5.77. The lowest BCUT2D eigenvalue weighted by Gasteiger charge is -2.13. The van der Waals surface area contributed by atoms with E-state index in [0.717, 1.165) is 11.1 Å². The summed E-state index contributed by atoms with van der Waals surface area (Å²) in [6.45, 7) is -1.03. The molecule has 0 aliphatic heterocycles. The number of para-hydroxylation sites is 1. The van der Waals surface area contributed by atoms with E-state index in [9.17, 15) is 13.2 Å². The first-order valence-electron chi connectivity index (χ1n) is 5.51. The minimum absolute atomic E-state index is 0.487. The highest BCUT2D eigenvalue weighted by atomic mass is 19.4. The van der Waals surface area contributed by atoms with Crippen LogP contribution >= 0.6 is 0 Å². The number of hydrogen-bond donors (Lipinski definition) is 1. The third-order valence-corrected chi connectivity index (χ3v) is 2.49. The van der Waals surface area contributed by atoms with Crippen molar-refractivity contribution in [3.05, 3.63) is 54.6 Å². The average Bonchev–Trinajstić information content (AvgIpc) is 2.37. The van der Waals surface area contributed by atoms with E-state index < -0.39 is 12.7 Å². The quantitative estimate of drug-likeness (QED) is 0.856. The van der Waals surface area contributed by atoms with Crippen LogP contribution in [0.3, 0.4) is 0 Å². The Balaban J connectivity index is 2.27. The minimum Gasteiger partial charge on any atom is -0.376 e. The standard InChI is InChI=1S/C14H12F3N/c15-14(16,17)10-18-13-9-5-4-8-12(13)11-6-2-1-3-7-11/h1-9,18H,10H2. The lowest BCUT2D eigenvalue weighted by atomic mass is 10.0. The Hall–Kier alpha value is -1.97. The van der Waals surface area contributed by atoms with Crippen molar-refractivity contribution in [3.63, 3.8) is 0 Å². The third kappa shape index (κ3) is 3.26. The molecule has 0 saturated carbocycles. The molecule has 0 amide bonds. The highest BCUT2D eigenvalue weighted by Gasteiger charge is 2.26. The van der Waals surface area contributed by atoms with Gasteiger partial charge in [-0.1, -0.05) is 48.5 Å². The van der Waals surface area contributed by atoms with Crippen LogP contribution in [-0.2, 0) is 0 Å². The van der Waals surface area contributed by atoms with Crippen molar-refractivity contribution in [2.24, 2.45) is 0 Å². The zero-order valence-corrected chi connectivity index (χ0v) is 9.54. The minimum atomic E-state index is -4.22. The molecule has 0 spiro atoms. The molecule has 2 aromatic carbocycles. The molecule has 4 heteroatoms. The molecule has 0 heterocycles. The highest BCUT2D eigenvalue weighted by Crippen LogP contribution is 2.28. The van der Waals surface area contributed by atoms with Gasteiger partial charge in [0.1, 0.15) is 6.54 Å². The number of rotatable bonds is 3. The van der Waals surface area contributed by atoms with Gasteiger partial charge in [-0.25, -0.2) is 0 Å². The molecule has 1 N–H and O–H groups in total. The fourth-order valence-electron chi connectivity index (χ4n) is 1.70. The van der Waals surface area contributed by atoms with Crippen molar-refractivity contribution in [1.82, 2.24) is 0 Å². The molecule has 0 atom stereocenters. The summed E-state index contributed by atoms with van der Waals surface area (Å²) < 4.78 is 36.6. The summed E-state index contributed by atoms with van der Waals surface area (Å²) in [5, 5.41) is 2.43. The first-order chi connectivity index (χ1) is 8.56. The molecule has 1 nitrogen and oxygen atoms in total. The van der Waals surface area contributed by atoms with Gasteiger partial charge in [0.05, 0.1) is 0 Å². The second-order valence-corrected chi connectivity index (χ2v) is 3.88. The second kappa shape index (κ2) is 5.12. The van der Waals surface area contributed by atoms with Crippen LogP contribution in [0.25, 0.3) is 11.1 Å². The fraction of sp³-hybridized carbons (Fsp3) is 0.143. The summed E-state index contributed by atoms with van der Waals surface area (Å²) >= 11 is 0. The zero-order valence-electron chi connectivity index (χ0n) is 9.54. The van der Waals surface area contributed by atoms with Crippen LogP contribution in [0.4, 0.5) is 18.9 Å². The number of alkyl halides is 3. The van der Waals surface area contributed by atoms with Crippen molar-refractivity contribution < 1.29 is 13.2 Å². The molecule has 94 valence electrons. The molecule has 0 radical (unpaired) electrons. The van der Waals surface area contributed by atoms with Crippen LogP contribution in [0.1, 0.15) is 0 Å². The van der Waals surface area contributed by atoms with Crippen LogP contribution < -0.4 is 5.32 Å². The number of benzene rings is 2.